The largest absolute Gasteiger partial charge is 0.383 e. The van der Waals surface area contributed by atoms with E-state index in [1.165, 1.54) is 19.3 Å². The van der Waals surface area contributed by atoms with Crippen molar-refractivity contribution < 1.29 is 4.74 Å². The van der Waals surface area contributed by atoms with Crippen molar-refractivity contribution in [3.63, 3.8) is 0 Å². The molecule has 1 aliphatic rings. The van der Waals surface area contributed by atoms with Crippen molar-refractivity contribution in [3.05, 3.63) is 28.7 Å². The molecule has 0 saturated heterocycles. The standard InChI is InChI=1S/C12H16BrNO/c13-10-3-1-4-11(9-10)14-7-8-15-12-5-2-6-12/h1,3-4,9,12,14H,2,5-8H2. The van der Waals surface area contributed by atoms with Gasteiger partial charge in [-0.25, -0.2) is 0 Å². The lowest BCUT2D eigenvalue weighted by Crippen LogP contribution is -2.24. The van der Waals surface area contributed by atoms with Gasteiger partial charge in [0, 0.05) is 16.7 Å². The van der Waals surface area contributed by atoms with Crippen LogP contribution >= 0.6 is 15.9 Å². The Bertz CT molecular complexity index is 312. The summed E-state index contributed by atoms with van der Waals surface area (Å²) in [6, 6.07) is 8.19. The average Bonchev–Trinajstić information content (AvgIpc) is 2.15. The van der Waals surface area contributed by atoms with E-state index < -0.39 is 0 Å². The second kappa shape index (κ2) is 5.52. The minimum Gasteiger partial charge on any atom is -0.383 e. The van der Waals surface area contributed by atoms with Crippen molar-refractivity contribution in [3.8, 4) is 0 Å². The van der Waals surface area contributed by atoms with E-state index in [9.17, 15) is 0 Å². The Labute approximate surface area is 99.1 Å². The van der Waals surface area contributed by atoms with Crippen LogP contribution in [0.3, 0.4) is 0 Å². The Hall–Kier alpha value is -0.540. The van der Waals surface area contributed by atoms with E-state index in [1.807, 2.05) is 12.1 Å². The topological polar surface area (TPSA) is 21.3 Å². The fraction of sp³-hybridized carbons (Fsp3) is 0.500. The molecule has 0 amide bonds. The van der Waals surface area contributed by atoms with Gasteiger partial charge in [0.25, 0.3) is 0 Å². The molecule has 2 nitrogen and oxygen atoms in total. The van der Waals surface area contributed by atoms with Crippen LogP contribution in [-0.2, 0) is 4.74 Å². The van der Waals surface area contributed by atoms with Crippen LogP contribution in [0.25, 0.3) is 0 Å². The molecule has 0 radical (unpaired) electrons. The average molecular weight is 270 g/mol. The smallest absolute Gasteiger partial charge is 0.0642 e. The zero-order chi connectivity index (χ0) is 10.5. The predicted molar refractivity (Wildman–Crippen MR) is 66.2 cm³/mol. The summed E-state index contributed by atoms with van der Waals surface area (Å²) in [6.07, 6.45) is 4.37. The SMILES string of the molecule is Brc1cccc(NCCOC2CCC2)c1. The van der Waals surface area contributed by atoms with Gasteiger partial charge in [0.2, 0.25) is 0 Å². The second-order valence-electron chi connectivity index (χ2n) is 3.86. The fourth-order valence-electron chi connectivity index (χ4n) is 1.56. The molecule has 0 spiro atoms. The van der Waals surface area contributed by atoms with E-state index in [4.69, 9.17) is 4.74 Å². The first-order valence-electron chi connectivity index (χ1n) is 5.45. The van der Waals surface area contributed by atoms with Crippen LogP contribution in [-0.4, -0.2) is 19.3 Å². The summed E-state index contributed by atoms with van der Waals surface area (Å²) in [5, 5.41) is 3.33. The predicted octanol–water partition coefficient (Wildman–Crippen LogP) is 3.43. The molecule has 0 aromatic heterocycles. The van der Waals surface area contributed by atoms with Crippen LogP contribution in [0.5, 0.6) is 0 Å². The molecule has 1 aromatic rings. The summed E-state index contributed by atoms with van der Waals surface area (Å²) < 4.78 is 6.76. The molecule has 1 N–H and O–H groups in total. The fourth-order valence-corrected chi connectivity index (χ4v) is 1.96. The first-order chi connectivity index (χ1) is 7.34. The van der Waals surface area contributed by atoms with Crippen molar-refractivity contribution in [1.82, 2.24) is 0 Å². The third-order valence-electron chi connectivity index (χ3n) is 2.66. The molecule has 0 unspecified atom stereocenters. The molecule has 0 heterocycles. The summed E-state index contributed by atoms with van der Waals surface area (Å²) in [5.41, 5.74) is 1.14. The van der Waals surface area contributed by atoms with Crippen molar-refractivity contribution in [1.29, 1.82) is 0 Å². The van der Waals surface area contributed by atoms with Crippen LogP contribution in [0.4, 0.5) is 5.69 Å². The van der Waals surface area contributed by atoms with Gasteiger partial charge in [0.1, 0.15) is 0 Å². The highest BCUT2D eigenvalue weighted by Crippen LogP contribution is 2.21. The maximum Gasteiger partial charge on any atom is 0.0642 e. The highest BCUT2D eigenvalue weighted by molar-refractivity contribution is 9.10. The summed E-state index contributed by atoms with van der Waals surface area (Å²) in [7, 11) is 0. The normalized spacial score (nSPS) is 16.1. The maximum atomic E-state index is 5.66. The number of hydrogen-bond donors (Lipinski definition) is 1. The van der Waals surface area contributed by atoms with E-state index in [0.717, 1.165) is 23.3 Å². The lowest BCUT2D eigenvalue weighted by Gasteiger charge is -2.25. The van der Waals surface area contributed by atoms with E-state index in [1.54, 1.807) is 0 Å². The molecule has 0 bridgehead atoms. The van der Waals surface area contributed by atoms with Gasteiger partial charge in [-0.3, -0.25) is 0 Å². The number of rotatable bonds is 5. The molecule has 15 heavy (non-hydrogen) atoms. The van der Waals surface area contributed by atoms with Crippen LogP contribution in [0.1, 0.15) is 19.3 Å². The zero-order valence-corrected chi connectivity index (χ0v) is 10.3. The molecule has 2 rings (SSSR count). The van der Waals surface area contributed by atoms with E-state index >= 15 is 0 Å². The van der Waals surface area contributed by atoms with Crippen molar-refractivity contribution in [2.45, 2.75) is 25.4 Å². The van der Waals surface area contributed by atoms with Gasteiger partial charge in [-0.05, 0) is 37.5 Å². The molecule has 1 saturated carbocycles. The van der Waals surface area contributed by atoms with E-state index in [-0.39, 0.29) is 0 Å². The molecule has 1 fully saturated rings. The third-order valence-corrected chi connectivity index (χ3v) is 3.15. The number of hydrogen-bond acceptors (Lipinski definition) is 2. The lowest BCUT2D eigenvalue weighted by atomic mass is 9.96. The molecule has 3 heteroatoms. The Morgan fingerprint density at radius 2 is 2.27 bits per heavy atom. The van der Waals surface area contributed by atoms with E-state index in [0.29, 0.717) is 6.10 Å². The van der Waals surface area contributed by atoms with Crippen LogP contribution in [0.15, 0.2) is 28.7 Å². The zero-order valence-electron chi connectivity index (χ0n) is 8.71. The number of halogens is 1. The summed E-state index contributed by atoms with van der Waals surface area (Å²) >= 11 is 3.44. The molecule has 1 aliphatic carbocycles. The number of nitrogens with one attached hydrogen (secondary N) is 1. The Morgan fingerprint density at radius 3 is 2.93 bits per heavy atom. The van der Waals surface area contributed by atoms with Crippen molar-refractivity contribution in [2.24, 2.45) is 0 Å². The molecule has 82 valence electrons. The summed E-state index contributed by atoms with van der Waals surface area (Å²) in [4.78, 5) is 0. The van der Waals surface area contributed by atoms with Crippen molar-refractivity contribution in [2.75, 3.05) is 18.5 Å². The molecule has 0 atom stereocenters. The van der Waals surface area contributed by atoms with Gasteiger partial charge in [0.15, 0.2) is 0 Å². The summed E-state index contributed by atoms with van der Waals surface area (Å²) in [6.45, 7) is 1.68. The minimum atomic E-state index is 0.536. The first-order valence-corrected chi connectivity index (χ1v) is 6.25. The summed E-state index contributed by atoms with van der Waals surface area (Å²) in [5.74, 6) is 0. The Balaban J connectivity index is 1.64. The second-order valence-corrected chi connectivity index (χ2v) is 4.78. The molecule has 1 aromatic carbocycles. The number of anilines is 1. The minimum absolute atomic E-state index is 0.536. The number of benzene rings is 1. The number of ether oxygens (including phenoxy) is 1. The lowest BCUT2D eigenvalue weighted by molar-refractivity contribution is 0.00812. The van der Waals surface area contributed by atoms with Crippen LogP contribution in [0.2, 0.25) is 0 Å². The molecular formula is C12H16BrNO. The highest BCUT2D eigenvalue weighted by atomic mass is 79.9. The molecular weight excluding hydrogens is 254 g/mol. The Morgan fingerprint density at radius 1 is 1.40 bits per heavy atom. The highest BCUT2D eigenvalue weighted by Gasteiger charge is 2.16. The van der Waals surface area contributed by atoms with Gasteiger partial charge < -0.3 is 10.1 Å². The quantitative estimate of drug-likeness (QED) is 0.828. The monoisotopic (exact) mass is 269 g/mol. The van der Waals surface area contributed by atoms with Gasteiger partial charge >= 0.3 is 0 Å². The van der Waals surface area contributed by atoms with Gasteiger partial charge in [0.05, 0.1) is 12.7 Å². The molecule has 0 aliphatic heterocycles. The van der Waals surface area contributed by atoms with Crippen LogP contribution < -0.4 is 5.32 Å². The van der Waals surface area contributed by atoms with Crippen LogP contribution in [0, 0.1) is 0 Å². The van der Waals surface area contributed by atoms with Gasteiger partial charge in [-0.15, -0.1) is 0 Å². The van der Waals surface area contributed by atoms with Gasteiger partial charge in [-0.2, -0.15) is 0 Å². The maximum absolute atomic E-state index is 5.66. The van der Waals surface area contributed by atoms with Crippen molar-refractivity contribution >= 4 is 21.6 Å². The Kier molecular flexibility index (Phi) is 4.03. The van der Waals surface area contributed by atoms with Gasteiger partial charge in [-0.1, -0.05) is 22.0 Å². The third kappa shape index (κ3) is 3.50. The first kappa shape index (κ1) is 11.0. The van der Waals surface area contributed by atoms with E-state index in [2.05, 4.69) is 33.4 Å².